The molecule has 0 rings (SSSR count). The number of amides is 1. The monoisotopic (exact) mass is 818 g/mol. The summed E-state index contributed by atoms with van der Waals surface area (Å²) in [6.07, 6.45) is 48.9. The van der Waals surface area contributed by atoms with Gasteiger partial charge >= 0.3 is 12.1 Å². The molecule has 0 aromatic carbocycles. The molecule has 1 amide bonds. The van der Waals surface area contributed by atoms with Crippen molar-refractivity contribution in [2.24, 2.45) is 0 Å². The van der Waals surface area contributed by atoms with E-state index in [1.165, 1.54) is 167 Å². The first-order valence-electron chi connectivity index (χ1n) is 25.2. The maximum Gasteiger partial charge on any atom is 0.407 e. The fourth-order valence-electron chi connectivity index (χ4n) is 7.49. The van der Waals surface area contributed by atoms with Crippen molar-refractivity contribution in [1.82, 2.24) is 15.1 Å². The second kappa shape index (κ2) is 46.2. The molecule has 0 aliphatic heterocycles. The number of carbonyl (C=O) groups is 2. The molecule has 7 nitrogen and oxygen atoms in total. The molecule has 0 bridgehead atoms. The van der Waals surface area contributed by atoms with Crippen LogP contribution in [-0.4, -0.2) is 81.4 Å². The molecule has 0 radical (unpaired) electrons. The first-order chi connectivity index (χ1) is 28.4. The predicted octanol–water partition coefficient (Wildman–Crippen LogP) is 14.5. The number of allylic oxidation sites excluding steroid dienone is 4. The number of esters is 1. The molecule has 0 aliphatic rings. The van der Waals surface area contributed by atoms with Gasteiger partial charge in [0.2, 0.25) is 0 Å². The molecule has 0 atom stereocenters. The Balaban J connectivity index is 4.45. The van der Waals surface area contributed by atoms with Crippen molar-refractivity contribution < 1.29 is 19.1 Å². The number of hydrogen-bond acceptors (Lipinski definition) is 6. The standard InChI is InChI=1S/C51H99N3O4/c1-6-9-12-15-18-19-20-21-22-23-24-25-26-27-32-37-44-54(46-39-48-57-51(56)52-43-47-53(4)5)45-38-33-28-31-36-42-50(55)58-49(40-34-29-16-13-10-7-2)41-35-30-17-14-11-8-3/h18-19,21-22,49H,6-17,20,23-48H2,1-5H3,(H,52,56)/b19-18-,22-21-. The van der Waals surface area contributed by atoms with Crippen LogP contribution in [-0.2, 0) is 14.3 Å². The maximum atomic E-state index is 12.8. The van der Waals surface area contributed by atoms with E-state index in [1.807, 2.05) is 19.0 Å². The molecular formula is C51H99N3O4. The van der Waals surface area contributed by atoms with Crippen molar-refractivity contribution in [2.75, 3.05) is 53.4 Å². The zero-order chi connectivity index (χ0) is 42.4. The summed E-state index contributed by atoms with van der Waals surface area (Å²) in [6.45, 7) is 11.8. The molecule has 0 heterocycles. The van der Waals surface area contributed by atoms with Crippen LogP contribution in [0, 0.1) is 0 Å². The number of carbonyl (C=O) groups excluding carboxylic acids is 2. The van der Waals surface area contributed by atoms with Gasteiger partial charge in [0, 0.05) is 26.1 Å². The molecule has 0 spiro atoms. The lowest BCUT2D eigenvalue weighted by atomic mass is 10.0. The van der Waals surface area contributed by atoms with E-state index in [-0.39, 0.29) is 18.2 Å². The Morgan fingerprint density at radius 3 is 1.52 bits per heavy atom. The molecule has 0 saturated carbocycles. The minimum Gasteiger partial charge on any atom is -0.462 e. The van der Waals surface area contributed by atoms with E-state index in [1.54, 1.807) is 0 Å². The Kier molecular flexibility index (Phi) is 44.7. The largest absolute Gasteiger partial charge is 0.462 e. The highest BCUT2D eigenvalue weighted by Crippen LogP contribution is 2.18. The van der Waals surface area contributed by atoms with Crippen molar-refractivity contribution in [3.8, 4) is 0 Å². The summed E-state index contributed by atoms with van der Waals surface area (Å²) in [5.74, 6) is 0.0232. The SMILES string of the molecule is CCCCC/C=C\C/C=C\CCCCCCCCN(CCCCCCCC(=O)OC(CCCCCCCC)CCCCCCCC)CCCOC(=O)NCCN(C)C. The maximum absolute atomic E-state index is 12.8. The number of likely N-dealkylation sites (N-methyl/N-ethyl adjacent to an activating group) is 1. The summed E-state index contributed by atoms with van der Waals surface area (Å²) in [7, 11) is 4.00. The molecule has 1 N–H and O–H groups in total. The lowest BCUT2D eigenvalue weighted by Gasteiger charge is -2.22. The number of ether oxygens (including phenoxy) is 2. The third kappa shape index (κ3) is 43.7. The van der Waals surface area contributed by atoms with Crippen LogP contribution in [0.15, 0.2) is 24.3 Å². The van der Waals surface area contributed by atoms with E-state index in [0.717, 1.165) is 64.7 Å². The molecule has 58 heavy (non-hydrogen) atoms. The van der Waals surface area contributed by atoms with Crippen LogP contribution in [0.3, 0.4) is 0 Å². The Hall–Kier alpha value is -1.86. The number of hydrogen-bond donors (Lipinski definition) is 1. The highest BCUT2D eigenvalue weighted by Gasteiger charge is 2.14. The van der Waals surface area contributed by atoms with Crippen molar-refractivity contribution >= 4 is 12.1 Å². The lowest BCUT2D eigenvalue weighted by molar-refractivity contribution is -0.150. The Labute approximate surface area is 361 Å². The topological polar surface area (TPSA) is 71.1 Å². The Morgan fingerprint density at radius 2 is 0.966 bits per heavy atom. The van der Waals surface area contributed by atoms with Gasteiger partial charge in [-0.05, 0) is 111 Å². The average molecular weight is 818 g/mol. The summed E-state index contributed by atoms with van der Waals surface area (Å²) in [6, 6.07) is 0. The van der Waals surface area contributed by atoms with Crippen molar-refractivity contribution in [3.63, 3.8) is 0 Å². The third-order valence-electron chi connectivity index (χ3n) is 11.3. The predicted molar refractivity (Wildman–Crippen MR) is 252 cm³/mol. The van der Waals surface area contributed by atoms with Gasteiger partial charge in [-0.25, -0.2) is 4.79 Å². The first-order valence-corrected chi connectivity index (χ1v) is 25.2. The summed E-state index contributed by atoms with van der Waals surface area (Å²) in [5.41, 5.74) is 0. The summed E-state index contributed by atoms with van der Waals surface area (Å²) in [5, 5.41) is 2.84. The Bertz CT molecular complexity index is 907. The summed E-state index contributed by atoms with van der Waals surface area (Å²) < 4.78 is 11.5. The smallest absolute Gasteiger partial charge is 0.407 e. The van der Waals surface area contributed by atoms with Gasteiger partial charge in [-0.1, -0.05) is 167 Å². The van der Waals surface area contributed by atoms with E-state index in [0.29, 0.717) is 19.6 Å². The van der Waals surface area contributed by atoms with E-state index in [2.05, 4.69) is 55.3 Å². The number of unbranched alkanes of at least 4 members (excludes halogenated alkanes) is 23. The van der Waals surface area contributed by atoms with Crippen LogP contribution in [0.25, 0.3) is 0 Å². The van der Waals surface area contributed by atoms with Gasteiger partial charge in [-0.2, -0.15) is 0 Å². The van der Waals surface area contributed by atoms with Gasteiger partial charge in [0.05, 0.1) is 6.61 Å². The highest BCUT2D eigenvalue weighted by molar-refractivity contribution is 5.69. The molecule has 0 saturated heterocycles. The van der Waals surface area contributed by atoms with Crippen molar-refractivity contribution in [3.05, 3.63) is 24.3 Å². The second-order valence-electron chi connectivity index (χ2n) is 17.4. The molecule has 0 aromatic rings. The molecule has 0 fully saturated rings. The molecule has 7 heteroatoms. The van der Waals surface area contributed by atoms with Gasteiger partial charge in [0.1, 0.15) is 6.10 Å². The van der Waals surface area contributed by atoms with Crippen molar-refractivity contribution in [1.29, 1.82) is 0 Å². The lowest BCUT2D eigenvalue weighted by Crippen LogP contribution is -2.32. The number of rotatable bonds is 45. The van der Waals surface area contributed by atoms with Gasteiger partial charge in [0.15, 0.2) is 0 Å². The quantitative estimate of drug-likeness (QED) is 0.0375. The zero-order valence-electron chi connectivity index (χ0n) is 39.5. The van der Waals surface area contributed by atoms with Gasteiger partial charge < -0.3 is 24.6 Å². The average Bonchev–Trinajstić information content (AvgIpc) is 3.20. The molecule has 0 unspecified atom stereocenters. The van der Waals surface area contributed by atoms with Crippen LogP contribution >= 0.6 is 0 Å². The van der Waals surface area contributed by atoms with E-state index in [4.69, 9.17) is 9.47 Å². The van der Waals surface area contributed by atoms with Crippen LogP contribution in [0.1, 0.15) is 233 Å². The molecular weight excluding hydrogens is 719 g/mol. The zero-order valence-corrected chi connectivity index (χ0v) is 39.5. The normalized spacial score (nSPS) is 11.9. The van der Waals surface area contributed by atoms with Gasteiger partial charge in [-0.15, -0.1) is 0 Å². The van der Waals surface area contributed by atoms with E-state index in [9.17, 15) is 9.59 Å². The number of nitrogens with zero attached hydrogens (tertiary/aromatic N) is 2. The van der Waals surface area contributed by atoms with Crippen LogP contribution < -0.4 is 5.32 Å². The fourth-order valence-corrected chi connectivity index (χ4v) is 7.49. The second-order valence-corrected chi connectivity index (χ2v) is 17.4. The number of nitrogens with one attached hydrogen (secondary N) is 1. The van der Waals surface area contributed by atoms with Gasteiger partial charge in [0.25, 0.3) is 0 Å². The molecule has 0 aliphatic carbocycles. The molecule has 0 aromatic heterocycles. The van der Waals surface area contributed by atoms with E-state index < -0.39 is 0 Å². The van der Waals surface area contributed by atoms with Crippen LogP contribution in [0.5, 0.6) is 0 Å². The Morgan fingerprint density at radius 1 is 0.517 bits per heavy atom. The van der Waals surface area contributed by atoms with Crippen LogP contribution in [0.2, 0.25) is 0 Å². The highest BCUT2D eigenvalue weighted by atomic mass is 16.5. The first kappa shape index (κ1) is 56.1. The number of alkyl carbamates (subject to hydrolysis) is 1. The summed E-state index contributed by atoms with van der Waals surface area (Å²) in [4.78, 5) is 29.5. The minimum atomic E-state index is -0.312. The van der Waals surface area contributed by atoms with Crippen molar-refractivity contribution in [2.45, 2.75) is 239 Å². The van der Waals surface area contributed by atoms with Crippen LogP contribution in [0.4, 0.5) is 4.79 Å². The third-order valence-corrected chi connectivity index (χ3v) is 11.3. The fraction of sp³-hybridized carbons (Fsp3) is 0.882. The summed E-state index contributed by atoms with van der Waals surface area (Å²) >= 11 is 0. The van der Waals surface area contributed by atoms with E-state index >= 15 is 0 Å². The molecule has 342 valence electrons. The van der Waals surface area contributed by atoms with Gasteiger partial charge in [-0.3, -0.25) is 4.79 Å². The minimum absolute atomic E-state index is 0.0232.